The average molecular weight is 231 g/mol. The minimum absolute atomic E-state index is 0.0153. The minimum atomic E-state index is -0.716. The molecular formula is C13H10FNO2. The van der Waals surface area contributed by atoms with Crippen molar-refractivity contribution in [1.82, 2.24) is 4.98 Å². The van der Waals surface area contributed by atoms with E-state index in [4.69, 9.17) is 4.74 Å². The Morgan fingerprint density at radius 1 is 1.29 bits per heavy atom. The van der Waals surface area contributed by atoms with E-state index in [2.05, 4.69) is 4.98 Å². The molecule has 0 saturated carbocycles. The first-order chi connectivity index (χ1) is 8.29. The maximum Gasteiger partial charge on any atom is 0.255 e. The summed E-state index contributed by atoms with van der Waals surface area (Å²) in [4.78, 5) is 14.0. The zero-order chi connectivity index (χ0) is 12.1. The quantitative estimate of drug-likeness (QED) is 0.599. The number of aromatic nitrogens is 1. The molecule has 0 amide bonds. The van der Waals surface area contributed by atoms with E-state index in [0.717, 1.165) is 11.8 Å². The molecule has 0 N–H and O–H groups in total. The van der Waals surface area contributed by atoms with Crippen LogP contribution in [0, 0.1) is 5.95 Å². The largest absolute Gasteiger partial charge is 0.484 e. The van der Waals surface area contributed by atoms with Crippen LogP contribution in [0.4, 0.5) is 4.39 Å². The Bertz CT molecular complexity index is 514. The standard InChI is InChI=1S/C13H10FNO2/c14-13-12(6-11(8-16)7-15-13)17-9-10-4-2-1-3-5-10/h1-8H,9H2. The Hall–Kier alpha value is -2.23. The fourth-order valence-electron chi connectivity index (χ4n) is 1.34. The Morgan fingerprint density at radius 2 is 2.06 bits per heavy atom. The molecule has 0 aliphatic carbocycles. The van der Waals surface area contributed by atoms with E-state index < -0.39 is 5.95 Å². The molecule has 4 heteroatoms. The van der Waals surface area contributed by atoms with Crippen molar-refractivity contribution in [2.75, 3.05) is 0 Å². The molecule has 1 heterocycles. The molecule has 0 aliphatic heterocycles. The topological polar surface area (TPSA) is 39.2 Å². The van der Waals surface area contributed by atoms with Crippen molar-refractivity contribution in [1.29, 1.82) is 0 Å². The molecule has 0 aliphatic rings. The van der Waals surface area contributed by atoms with Gasteiger partial charge in [-0.15, -0.1) is 0 Å². The fraction of sp³-hybridized carbons (Fsp3) is 0.0769. The van der Waals surface area contributed by atoms with Gasteiger partial charge in [-0.25, -0.2) is 4.98 Å². The van der Waals surface area contributed by atoms with Gasteiger partial charge in [0.2, 0.25) is 0 Å². The predicted octanol–water partition coefficient (Wildman–Crippen LogP) is 2.61. The molecule has 0 atom stereocenters. The third kappa shape index (κ3) is 2.87. The van der Waals surface area contributed by atoms with Crippen molar-refractivity contribution >= 4 is 6.29 Å². The molecule has 0 saturated heterocycles. The highest BCUT2D eigenvalue weighted by Gasteiger charge is 2.06. The number of benzene rings is 1. The summed E-state index contributed by atoms with van der Waals surface area (Å²) in [6, 6.07) is 10.7. The number of pyridine rings is 1. The summed E-state index contributed by atoms with van der Waals surface area (Å²) in [7, 11) is 0. The number of hydrogen-bond acceptors (Lipinski definition) is 3. The molecule has 0 bridgehead atoms. The van der Waals surface area contributed by atoms with Crippen LogP contribution in [0.25, 0.3) is 0 Å². The number of halogens is 1. The maximum absolute atomic E-state index is 13.3. The zero-order valence-electron chi connectivity index (χ0n) is 8.97. The van der Waals surface area contributed by atoms with E-state index in [-0.39, 0.29) is 17.9 Å². The molecule has 0 spiro atoms. The number of ether oxygens (including phenoxy) is 1. The summed E-state index contributed by atoms with van der Waals surface area (Å²) < 4.78 is 18.5. The number of nitrogens with zero attached hydrogens (tertiary/aromatic N) is 1. The number of carbonyl (C=O) groups is 1. The summed E-state index contributed by atoms with van der Waals surface area (Å²) in [5.41, 5.74) is 1.21. The van der Waals surface area contributed by atoms with Gasteiger partial charge in [0.25, 0.3) is 5.95 Å². The second kappa shape index (κ2) is 5.21. The lowest BCUT2D eigenvalue weighted by Crippen LogP contribution is -1.99. The first kappa shape index (κ1) is 11.3. The van der Waals surface area contributed by atoms with Crippen LogP contribution < -0.4 is 4.74 Å². The van der Waals surface area contributed by atoms with Gasteiger partial charge in [-0.1, -0.05) is 30.3 Å². The van der Waals surface area contributed by atoms with Crippen LogP contribution in [0.1, 0.15) is 15.9 Å². The van der Waals surface area contributed by atoms with E-state index in [1.54, 1.807) is 0 Å². The van der Waals surface area contributed by atoms with Crippen LogP contribution in [-0.2, 0) is 6.61 Å². The predicted molar refractivity (Wildman–Crippen MR) is 60.4 cm³/mol. The van der Waals surface area contributed by atoms with E-state index in [1.807, 2.05) is 30.3 Å². The van der Waals surface area contributed by atoms with Gasteiger partial charge >= 0.3 is 0 Å². The molecule has 3 nitrogen and oxygen atoms in total. The summed E-state index contributed by atoms with van der Waals surface area (Å²) >= 11 is 0. The fourth-order valence-corrected chi connectivity index (χ4v) is 1.34. The van der Waals surface area contributed by atoms with Crippen molar-refractivity contribution in [3.8, 4) is 5.75 Å². The van der Waals surface area contributed by atoms with Crippen LogP contribution in [0.3, 0.4) is 0 Å². The van der Waals surface area contributed by atoms with Gasteiger partial charge in [-0.2, -0.15) is 4.39 Å². The first-order valence-electron chi connectivity index (χ1n) is 5.07. The van der Waals surface area contributed by atoms with Gasteiger partial charge in [0, 0.05) is 11.8 Å². The van der Waals surface area contributed by atoms with Crippen molar-refractivity contribution in [2.45, 2.75) is 6.61 Å². The van der Waals surface area contributed by atoms with Crippen molar-refractivity contribution in [2.24, 2.45) is 0 Å². The average Bonchev–Trinajstić information content (AvgIpc) is 2.39. The number of carbonyl (C=O) groups excluding carboxylic acids is 1. The normalized spacial score (nSPS) is 9.94. The van der Waals surface area contributed by atoms with Gasteiger partial charge in [-0.3, -0.25) is 4.79 Å². The van der Waals surface area contributed by atoms with E-state index >= 15 is 0 Å². The van der Waals surface area contributed by atoms with Crippen molar-refractivity contribution < 1.29 is 13.9 Å². The highest BCUT2D eigenvalue weighted by atomic mass is 19.1. The maximum atomic E-state index is 13.3. The lowest BCUT2D eigenvalue weighted by Gasteiger charge is -2.06. The summed E-state index contributed by atoms with van der Waals surface area (Å²) in [6.07, 6.45) is 1.76. The molecule has 86 valence electrons. The lowest BCUT2D eigenvalue weighted by molar-refractivity contribution is 0.112. The molecule has 0 fully saturated rings. The lowest BCUT2D eigenvalue weighted by atomic mass is 10.2. The van der Waals surface area contributed by atoms with Gasteiger partial charge in [-0.05, 0) is 11.6 Å². The third-order valence-electron chi connectivity index (χ3n) is 2.20. The second-order valence-corrected chi connectivity index (χ2v) is 3.45. The molecule has 2 aromatic rings. The van der Waals surface area contributed by atoms with E-state index in [1.165, 1.54) is 6.07 Å². The summed E-state index contributed by atoms with van der Waals surface area (Å²) in [5, 5.41) is 0. The van der Waals surface area contributed by atoms with E-state index in [0.29, 0.717) is 6.29 Å². The third-order valence-corrected chi connectivity index (χ3v) is 2.20. The Morgan fingerprint density at radius 3 is 2.76 bits per heavy atom. The Kier molecular flexibility index (Phi) is 3.45. The van der Waals surface area contributed by atoms with E-state index in [9.17, 15) is 9.18 Å². The van der Waals surface area contributed by atoms with Gasteiger partial charge in [0.05, 0.1) is 0 Å². The Balaban J connectivity index is 2.11. The molecular weight excluding hydrogens is 221 g/mol. The van der Waals surface area contributed by atoms with Crippen molar-refractivity contribution in [3.05, 3.63) is 59.7 Å². The Labute approximate surface area is 97.9 Å². The molecule has 2 rings (SSSR count). The smallest absolute Gasteiger partial charge is 0.255 e. The molecule has 0 unspecified atom stereocenters. The minimum Gasteiger partial charge on any atom is -0.484 e. The van der Waals surface area contributed by atoms with Gasteiger partial charge < -0.3 is 4.74 Å². The molecule has 17 heavy (non-hydrogen) atoms. The van der Waals surface area contributed by atoms with Crippen LogP contribution in [0.15, 0.2) is 42.6 Å². The number of rotatable bonds is 4. The highest BCUT2D eigenvalue weighted by Crippen LogP contribution is 2.17. The summed E-state index contributed by atoms with van der Waals surface area (Å²) in [5.74, 6) is -0.731. The summed E-state index contributed by atoms with van der Waals surface area (Å²) in [6.45, 7) is 0.238. The van der Waals surface area contributed by atoms with Crippen LogP contribution in [-0.4, -0.2) is 11.3 Å². The van der Waals surface area contributed by atoms with Crippen LogP contribution in [0.5, 0.6) is 5.75 Å². The highest BCUT2D eigenvalue weighted by molar-refractivity contribution is 5.74. The van der Waals surface area contributed by atoms with Gasteiger partial charge in [0.1, 0.15) is 6.61 Å². The monoisotopic (exact) mass is 231 g/mol. The number of hydrogen-bond donors (Lipinski definition) is 0. The van der Waals surface area contributed by atoms with Gasteiger partial charge in [0.15, 0.2) is 12.0 Å². The molecule has 1 aromatic heterocycles. The second-order valence-electron chi connectivity index (χ2n) is 3.45. The number of aldehydes is 1. The van der Waals surface area contributed by atoms with Crippen LogP contribution in [0.2, 0.25) is 0 Å². The zero-order valence-corrected chi connectivity index (χ0v) is 8.97. The SMILES string of the molecule is O=Cc1cnc(F)c(OCc2ccccc2)c1. The molecule has 0 radical (unpaired) electrons. The first-order valence-corrected chi connectivity index (χ1v) is 5.07. The van der Waals surface area contributed by atoms with Crippen molar-refractivity contribution in [3.63, 3.8) is 0 Å². The van der Waals surface area contributed by atoms with Crippen LogP contribution >= 0.6 is 0 Å². The molecule has 1 aromatic carbocycles.